The smallest absolute Gasteiger partial charge is 0.321 e. The molecular weight excluding hydrogens is 392 g/mol. The Balaban J connectivity index is 1.68. The number of urea groups is 1. The maximum Gasteiger partial charge on any atom is 0.321 e. The highest BCUT2D eigenvalue weighted by Crippen LogP contribution is 2.21. The Hall–Kier alpha value is -2.91. The van der Waals surface area contributed by atoms with Gasteiger partial charge in [-0.2, -0.15) is 0 Å². The van der Waals surface area contributed by atoms with E-state index in [2.05, 4.69) is 5.32 Å². The first-order valence-electron chi connectivity index (χ1n) is 9.45. The van der Waals surface area contributed by atoms with Crippen LogP contribution in [0.4, 0.5) is 10.5 Å². The number of carbonyl (C=O) groups is 3. The van der Waals surface area contributed by atoms with Gasteiger partial charge in [-0.15, -0.1) is 11.3 Å². The average Bonchev–Trinajstić information content (AvgIpc) is 3.43. The number of hydroxylamine groups is 1. The molecule has 3 N–H and O–H groups in total. The number of benzene rings is 1. The van der Waals surface area contributed by atoms with Gasteiger partial charge in [0.05, 0.1) is 0 Å². The Morgan fingerprint density at radius 2 is 1.97 bits per heavy atom. The van der Waals surface area contributed by atoms with E-state index in [9.17, 15) is 14.4 Å². The van der Waals surface area contributed by atoms with Crippen molar-refractivity contribution in [1.82, 2.24) is 15.3 Å². The second-order valence-electron chi connectivity index (χ2n) is 6.78. The summed E-state index contributed by atoms with van der Waals surface area (Å²) in [4.78, 5) is 41.6. The Morgan fingerprint density at radius 3 is 2.66 bits per heavy atom. The fraction of sp³-hybridized carbons (Fsp3) is 0.350. The lowest BCUT2D eigenvalue weighted by Gasteiger charge is -2.30. The zero-order chi connectivity index (χ0) is 20.6. The molecule has 0 radical (unpaired) electrons. The van der Waals surface area contributed by atoms with Crippen LogP contribution < -0.4 is 10.8 Å². The minimum atomic E-state index is -0.672. The Kier molecular flexibility index (Phi) is 7.20. The summed E-state index contributed by atoms with van der Waals surface area (Å²) in [6.07, 6.45) is 1.87. The predicted molar refractivity (Wildman–Crippen MR) is 110 cm³/mol. The van der Waals surface area contributed by atoms with Gasteiger partial charge in [0, 0.05) is 23.7 Å². The number of nitrogens with zero attached hydrogens (tertiary/aromatic N) is 2. The van der Waals surface area contributed by atoms with Crippen molar-refractivity contribution in [2.75, 3.05) is 25.0 Å². The molecule has 1 aromatic heterocycles. The number of rotatable bonds is 7. The molecule has 1 aromatic carbocycles. The van der Waals surface area contributed by atoms with Crippen molar-refractivity contribution in [3.8, 4) is 0 Å². The minimum Gasteiger partial charge on any atom is -0.324 e. The van der Waals surface area contributed by atoms with E-state index >= 15 is 0 Å². The van der Waals surface area contributed by atoms with Crippen LogP contribution in [0.2, 0.25) is 0 Å². The van der Waals surface area contributed by atoms with Gasteiger partial charge in [-0.3, -0.25) is 14.8 Å². The van der Waals surface area contributed by atoms with Gasteiger partial charge >= 0.3 is 6.03 Å². The molecule has 2 heterocycles. The van der Waals surface area contributed by atoms with E-state index in [-0.39, 0.29) is 18.5 Å². The summed E-state index contributed by atoms with van der Waals surface area (Å²) in [5.74, 6) is -0.916. The van der Waals surface area contributed by atoms with Crippen molar-refractivity contribution < 1.29 is 19.6 Å². The van der Waals surface area contributed by atoms with Crippen LogP contribution in [0.5, 0.6) is 0 Å². The SMILES string of the molecule is O=C(CN(CCc1cccs1)C(=O)N1CCCC1C(=O)Nc1ccccc1)NO. The van der Waals surface area contributed by atoms with Crippen LogP contribution in [0.15, 0.2) is 47.8 Å². The molecular formula is C20H24N4O4S. The highest BCUT2D eigenvalue weighted by atomic mass is 32.1. The third-order valence-electron chi connectivity index (χ3n) is 4.78. The van der Waals surface area contributed by atoms with Gasteiger partial charge in [-0.1, -0.05) is 24.3 Å². The number of nitrogens with one attached hydrogen (secondary N) is 2. The molecule has 154 valence electrons. The molecule has 0 saturated carbocycles. The molecule has 1 unspecified atom stereocenters. The van der Waals surface area contributed by atoms with Gasteiger partial charge in [0.25, 0.3) is 5.91 Å². The van der Waals surface area contributed by atoms with E-state index in [1.807, 2.05) is 35.7 Å². The lowest BCUT2D eigenvalue weighted by molar-refractivity contribution is -0.129. The number of likely N-dealkylation sites (tertiary alicyclic amines) is 1. The van der Waals surface area contributed by atoms with Gasteiger partial charge < -0.3 is 15.1 Å². The number of hydrogen-bond donors (Lipinski definition) is 3. The third kappa shape index (κ3) is 5.55. The van der Waals surface area contributed by atoms with Crippen LogP contribution in [0, 0.1) is 0 Å². The molecule has 0 bridgehead atoms. The first-order valence-corrected chi connectivity index (χ1v) is 10.3. The van der Waals surface area contributed by atoms with Gasteiger partial charge in [0.15, 0.2) is 0 Å². The quantitative estimate of drug-likeness (QED) is 0.476. The molecule has 1 aliphatic rings. The van der Waals surface area contributed by atoms with Crippen molar-refractivity contribution in [1.29, 1.82) is 0 Å². The van der Waals surface area contributed by atoms with Crippen LogP contribution >= 0.6 is 11.3 Å². The highest BCUT2D eigenvalue weighted by molar-refractivity contribution is 7.09. The van der Waals surface area contributed by atoms with Crippen molar-refractivity contribution in [3.05, 3.63) is 52.7 Å². The molecule has 1 fully saturated rings. The Bertz CT molecular complexity index is 828. The van der Waals surface area contributed by atoms with Gasteiger partial charge in [-0.25, -0.2) is 10.3 Å². The van der Waals surface area contributed by atoms with E-state index in [1.54, 1.807) is 28.9 Å². The largest absolute Gasteiger partial charge is 0.324 e. The van der Waals surface area contributed by atoms with Crippen molar-refractivity contribution >= 4 is 34.9 Å². The zero-order valence-electron chi connectivity index (χ0n) is 15.9. The maximum atomic E-state index is 13.1. The first kappa shape index (κ1) is 20.8. The fourth-order valence-electron chi connectivity index (χ4n) is 3.35. The van der Waals surface area contributed by atoms with Gasteiger partial charge in [-0.05, 0) is 42.8 Å². The number of para-hydroxylation sites is 1. The molecule has 1 saturated heterocycles. The van der Waals surface area contributed by atoms with Crippen LogP contribution in [-0.2, 0) is 16.0 Å². The third-order valence-corrected chi connectivity index (χ3v) is 5.72. The summed E-state index contributed by atoms with van der Waals surface area (Å²) in [6.45, 7) is 0.489. The number of carbonyl (C=O) groups excluding carboxylic acids is 3. The molecule has 29 heavy (non-hydrogen) atoms. The molecule has 0 spiro atoms. The standard InChI is InChI=1S/C20H24N4O4S/c25-18(22-28)14-23(12-10-16-8-5-13-29-16)20(27)24-11-4-9-17(24)19(26)21-15-6-2-1-3-7-15/h1-3,5-8,13,17,28H,4,9-12,14H2,(H,21,26)(H,22,25). The topological polar surface area (TPSA) is 102 Å². The van der Waals surface area contributed by atoms with Gasteiger partial charge in [0.1, 0.15) is 12.6 Å². The summed E-state index contributed by atoms with van der Waals surface area (Å²) in [5.41, 5.74) is 2.24. The molecule has 1 atom stereocenters. The second-order valence-corrected chi connectivity index (χ2v) is 7.81. The average molecular weight is 417 g/mol. The maximum absolute atomic E-state index is 13.1. The molecule has 4 amide bonds. The fourth-order valence-corrected chi connectivity index (χ4v) is 4.05. The normalized spacial score (nSPS) is 15.8. The minimum absolute atomic E-state index is 0.244. The molecule has 3 rings (SSSR count). The summed E-state index contributed by atoms with van der Waals surface area (Å²) < 4.78 is 0. The number of thiophene rings is 1. The Morgan fingerprint density at radius 1 is 1.17 bits per heavy atom. The van der Waals surface area contributed by atoms with E-state index in [4.69, 9.17) is 5.21 Å². The number of hydrogen-bond acceptors (Lipinski definition) is 5. The van der Waals surface area contributed by atoms with Crippen molar-refractivity contribution in [3.63, 3.8) is 0 Å². The highest BCUT2D eigenvalue weighted by Gasteiger charge is 2.36. The summed E-state index contributed by atoms with van der Waals surface area (Å²) >= 11 is 1.57. The Labute approximate surface area is 173 Å². The lowest BCUT2D eigenvalue weighted by Crippen LogP contribution is -2.52. The summed E-state index contributed by atoms with van der Waals surface area (Å²) in [5, 5.41) is 13.7. The molecule has 1 aliphatic heterocycles. The lowest BCUT2D eigenvalue weighted by atomic mass is 10.2. The van der Waals surface area contributed by atoms with E-state index in [0.717, 1.165) is 4.88 Å². The molecule has 0 aliphatic carbocycles. The van der Waals surface area contributed by atoms with E-state index < -0.39 is 11.9 Å². The zero-order valence-corrected chi connectivity index (χ0v) is 16.7. The molecule has 9 heteroatoms. The van der Waals surface area contributed by atoms with E-state index in [1.165, 1.54) is 9.80 Å². The predicted octanol–water partition coefficient (Wildman–Crippen LogP) is 2.32. The first-order chi connectivity index (χ1) is 14.1. The van der Waals surface area contributed by atoms with Gasteiger partial charge in [0.2, 0.25) is 5.91 Å². The van der Waals surface area contributed by atoms with E-state index in [0.29, 0.717) is 38.0 Å². The molecule has 2 aromatic rings. The number of amides is 4. The second kappa shape index (κ2) is 10.0. The van der Waals surface area contributed by atoms with Crippen LogP contribution in [0.25, 0.3) is 0 Å². The van der Waals surface area contributed by atoms with Crippen LogP contribution in [-0.4, -0.2) is 58.5 Å². The van der Waals surface area contributed by atoms with Crippen LogP contribution in [0.3, 0.4) is 0 Å². The molecule has 8 nitrogen and oxygen atoms in total. The van der Waals surface area contributed by atoms with Crippen molar-refractivity contribution in [2.45, 2.75) is 25.3 Å². The number of anilines is 1. The van der Waals surface area contributed by atoms with Crippen molar-refractivity contribution in [2.24, 2.45) is 0 Å². The summed E-state index contributed by atoms with van der Waals surface area (Å²) in [7, 11) is 0. The monoisotopic (exact) mass is 416 g/mol. The van der Waals surface area contributed by atoms with Crippen LogP contribution in [0.1, 0.15) is 17.7 Å². The summed E-state index contributed by atoms with van der Waals surface area (Å²) in [6, 6.07) is 12.0.